The van der Waals surface area contributed by atoms with Gasteiger partial charge in [0.2, 0.25) is 0 Å². The molecule has 1 aliphatic carbocycles. The lowest BCUT2D eigenvalue weighted by Crippen LogP contribution is -2.40. The molecule has 2 aromatic heterocycles. The molecule has 190 valence electrons. The first-order chi connectivity index (χ1) is 17.7. The highest BCUT2D eigenvalue weighted by atomic mass is 32.1. The quantitative estimate of drug-likeness (QED) is 0.281. The number of fused-ring (bicyclic) bond motifs is 1. The smallest absolute Gasteiger partial charge is 0.145 e. The summed E-state index contributed by atoms with van der Waals surface area (Å²) in [7, 11) is 0. The lowest BCUT2D eigenvalue weighted by molar-refractivity contribution is -0.125. The van der Waals surface area contributed by atoms with E-state index < -0.39 is 0 Å². The number of aromatic nitrogens is 1. The Hall–Kier alpha value is -2.30. The molecule has 1 fully saturated rings. The normalized spacial score (nSPS) is 20.4. The minimum absolute atomic E-state index is 0.0774. The lowest BCUT2D eigenvalue weighted by atomic mass is 9.79. The van der Waals surface area contributed by atoms with Crippen LogP contribution in [0.25, 0.3) is 15.7 Å². The highest BCUT2D eigenvalue weighted by Crippen LogP contribution is 2.36. The number of carbonyl (C=O) groups is 1. The number of hydrogen-bond donors (Lipinski definition) is 0. The predicted molar refractivity (Wildman–Crippen MR) is 152 cm³/mol. The molecule has 0 saturated heterocycles. The van der Waals surface area contributed by atoms with Crippen molar-refractivity contribution in [3.63, 3.8) is 0 Å². The second-order valence-electron chi connectivity index (χ2n) is 10.7. The molecule has 2 atom stereocenters. The average Bonchev–Trinajstić information content (AvgIpc) is 3.42. The van der Waals surface area contributed by atoms with E-state index >= 15 is 0 Å². The molecule has 3 heterocycles. The molecule has 5 rings (SSSR count). The van der Waals surface area contributed by atoms with E-state index in [2.05, 4.69) is 58.6 Å². The largest absolute Gasteiger partial charge is 0.299 e. The van der Waals surface area contributed by atoms with Gasteiger partial charge in [0.25, 0.3) is 0 Å². The summed E-state index contributed by atoms with van der Waals surface area (Å²) in [6.07, 6.45) is 15.8. The van der Waals surface area contributed by atoms with Gasteiger partial charge >= 0.3 is 0 Å². The molecular weight excluding hydrogens is 460 g/mol. The fraction of sp³-hybridized carbons (Fsp3) is 0.500. The zero-order chi connectivity index (χ0) is 24.7. The van der Waals surface area contributed by atoms with Gasteiger partial charge in [-0.05, 0) is 78.8 Å². The predicted octanol–water partition coefficient (Wildman–Crippen LogP) is 8.27. The van der Waals surface area contributed by atoms with Crippen molar-refractivity contribution in [1.82, 2.24) is 9.88 Å². The fourth-order valence-corrected chi connectivity index (χ4v) is 7.24. The molecule has 2 unspecified atom stereocenters. The summed E-state index contributed by atoms with van der Waals surface area (Å²) >= 11 is 1.86. The van der Waals surface area contributed by atoms with Gasteiger partial charge in [-0.1, -0.05) is 69.4 Å². The molecule has 0 bridgehead atoms. The molecular formula is C32H40N2OS. The Labute approximate surface area is 220 Å². The van der Waals surface area contributed by atoms with Gasteiger partial charge in [0, 0.05) is 29.4 Å². The van der Waals surface area contributed by atoms with Crippen molar-refractivity contribution < 1.29 is 4.79 Å². The molecule has 4 heteroatoms. The number of ketones is 1. The Balaban J connectivity index is 1.34. The van der Waals surface area contributed by atoms with Gasteiger partial charge in [-0.15, -0.1) is 11.3 Å². The molecule has 0 amide bonds. The molecule has 3 nitrogen and oxygen atoms in total. The van der Waals surface area contributed by atoms with Crippen molar-refractivity contribution >= 4 is 32.8 Å². The van der Waals surface area contributed by atoms with Crippen LogP contribution < -0.4 is 0 Å². The summed E-state index contributed by atoms with van der Waals surface area (Å²) in [6.45, 7) is 4.22. The molecule has 3 aromatic rings. The van der Waals surface area contributed by atoms with Crippen LogP contribution in [0.2, 0.25) is 0 Å². The summed E-state index contributed by atoms with van der Waals surface area (Å²) in [6, 6.07) is 15.6. The summed E-state index contributed by atoms with van der Waals surface area (Å²) in [5, 5.41) is 3.56. The van der Waals surface area contributed by atoms with Gasteiger partial charge in [0.15, 0.2) is 0 Å². The second-order valence-corrected chi connectivity index (χ2v) is 11.6. The van der Waals surface area contributed by atoms with E-state index in [1.807, 2.05) is 29.7 Å². The first-order valence-electron chi connectivity index (χ1n) is 14.1. The van der Waals surface area contributed by atoms with E-state index in [1.165, 1.54) is 59.7 Å². The van der Waals surface area contributed by atoms with E-state index in [4.69, 9.17) is 0 Å². The van der Waals surface area contributed by atoms with Crippen molar-refractivity contribution in [3.8, 4) is 0 Å². The van der Waals surface area contributed by atoms with Crippen LogP contribution >= 0.6 is 11.3 Å². The number of Topliss-reactive ketones (excluding diaryl/α,β-unsaturated/α-hetero) is 1. The standard InChI is InChI=1S/C32H40N2OS/c1-2-3-13-27-23-26(28-14-9-12-25-18-22-36-32(25)28)16-20-34(27)21-17-29(30-15-7-8-19-33-30)31(35)24-10-5-4-6-11-24/h7-9,12,14-16,18-19,22,24,27,29H,2-6,10-11,13,17,20-21,23H2,1H3. The van der Waals surface area contributed by atoms with Gasteiger partial charge in [0.1, 0.15) is 5.78 Å². The third-order valence-electron chi connectivity index (χ3n) is 8.36. The third-order valence-corrected chi connectivity index (χ3v) is 9.32. The number of rotatable bonds is 10. The summed E-state index contributed by atoms with van der Waals surface area (Å²) < 4.78 is 1.42. The molecule has 1 saturated carbocycles. The van der Waals surface area contributed by atoms with Crippen LogP contribution in [0.3, 0.4) is 0 Å². The summed E-state index contributed by atoms with van der Waals surface area (Å²) in [5.74, 6) is 0.586. The Morgan fingerprint density at radius 2 is 2.00 bits per heavy atom. The van der Waals surface area contributed by atoms with Crippen LogP contribution in [-0.2, 0) is 4.79 Å². The van der Waals surface area contributed by atoms with Gasteiger partial charge < -0.3 is 0 Å². The number of hydrogen-bond acceptors (Lipinski definition) is 4. The molecule has 36 heavy (non-hydrogen) atoms. The number of nitrogens with zero attached hydrogens (tertiary/aromatic N) is 2. The molecule has 1 aliphatic heterocycles. The van der Waals surface area contributed by atoms with Crippen LogP contribution in [0.15, 0.2) is 60.1 Å². The maximum atomic E-state index is 13.7. The van der Waals surface area contributed by atoms with Crippen LogP contribution in [0.4, 0.5) is 0 Å². The van der Waals surface area contributed by atoms with Crippen molar-refractivity contribution in [2.45, 2.75) is 83.1 Å². The first kappa shape index (κ1) is 25.4. The van der Waals surface area contributed by atoms with Crippen LogP contribution in [-0.4, -0.2) is 34.8 Å². The molecule has 1 aromatic carbocycles. The zero-order valence-corrected chi connectivity index (χ0v) is 22.5. The zero-order valence-electron chi connectivity index (χ0n) is 21.7. The molecule has 2 aliphatic rings. The highest BCUT2D eigenvalue weighted by molar-refractivity contribution is 7.17. The van der Waals surface area contributed by atoms with Crippen molar-refractivity contribution in [3.05, 3.63) is 71.4 Å². The van der Waals surface area contributed by atoms with Gasteiger partial charge in [0.05, 0.1) is 11.6 Å². The van der Waals surface area contributed by atoms with Crippen LogP contribution in [0.1, 0.15) is 88.3 Å². The summed E-state index contributed by atoms with van der Waals surface area (Å²) in [5.41, 5.74) is 3.89. The Morgan fingerprint density at radius 3 is 2.81 bits per heavy atom. The maximum Gasteiger partial charge on any atom is 0.145 e. The lowest BCUT2D eigenvalue weighted by Gasteiger charge is -2.37. The first-order valence-corrected chi connectivity index (χ1v) is 15.0. The number of pyridine rings is 1. The van der Waals surface area contributed by atoms with Gasteiger partial charge in [-0.2, -0.15) is 0 Å². The number of carbonyl (C=O) groups excluding carboxylic acids is 1. The van der Waals surface area contributed by atoms with Gasteiger partial charge in [-0.3, -0.25) is 14.7 Å². The van der Waals surface area contributed by atoms with E-state index in [-0.39, 0.29) is 11.8 Å². The Morgan fingerprint density at radius 1 is 1.11 bits per heavy atom. The Bertz CT molecular complexity index is 1160. The highest BCUT2D eigenvalue weighted by Gasteiger charge is 2.32. The third kappa shape index (κ3) is 5.81. The average molecular weight is 501 g/mol. The molecule has 0 N–H and O–H groups in total. The van der Waals surface area contributed by atoms with E-state index in [0.29, 0.717) is 11.8 Å². The SMILES string of the molecule is CCCCC1CC(c2cccc3ccsc23)=CCN1CCC(C(=O)C1CCCCC1)c1ccccn1. The second kappa shape index (κ2) is 12.3. The molecule has 0 radical (unpaired) electrons. The van der Waals surface area contributed by atoms with E-state index in [1.54, 1.807) is 0 Å². The van der Waals surface area contributed by atoms with Gasteiger partial charge in [-0.25, -0.2) is 0 Å². The number of unbranched alkanes of at least 4 members (excludes halogenated alkanes) is 1. The number of thiophene rings is 1. The van der Waals surface area contributed by atoms with Crippen molar-refractivity contribution in [2.75, 3.05) is 13.1 Å². The minimum Gasteiger partial charge on any atom is -0.299 e. The monoisotopic (exact) mass is 500 g/mol. The minimum atomic E-state index is -0.0774. The summed E-state index contributed by atoms with van der Waals surface area (Å²) in [4.78, 5) is 21.0. The van der Waals surface area contributed by atoms with E-state index in [0.717, 1.165) is 44.5 Å². The van der Waals surface area contributed by atoms with Crippen LogP contribution in [0, 0.1) is 5.92 Å². The fourth-order valence-electron chi connectivity index (χ4n) is 6.29. The van der Waals surface area contributed by atoms with Crippen LogP contribution in [0.5, 0.6) is 0 Å². The molecule has 0 spiro atoms. The Kier molecular flexibility index (Phi) is 8.66. The topological polar surface area (TPSA) is 33.2 Å². The maximum absolute atomic E-state index is 13.7. The van der Waals surface area contributed by atoms with Crippen molar-refractivity contribution in [1.29, 1.82) is 0 Å². The number of benzene rings is 1. The van der Waals surface area contributed by atoms with E-state index in [9.17, 15) is 4.79 Å². The van der Waals surface area contributed by atoms with Crippen molar-refractivity contribution in [2.24, 2.45) is 5.92 Å².